The van der Waals surface area contributed by atoms with E-state index in [9.17, 15) is 0 Å². The van der Waals surface area contributed by atoms with E-state index in [1.165, 1.54) is 11.1 Å². The Labute approximate surface area is 106 Å². The first-order chi connectivity index (χ1) is 8.42. The lowest BCUT2D eigenvalue weighted by atomic mass is 10.0. The topological polar surface area (TPSA) is 23.8 Å². The molecular weight excluding hydrogens is 226 g/mol. The molecule has 2 aromatic rings. The maximum atomic E-state index is 8.74. The summed E-state index contributed by atoms with van der Waals surface area (Å²) in [5.74, 6) is 0.508. The molecule has 0 saturated carbocycles. The minimum Gasteiger partial charge on any atom is -0.197 e. The normalized spacial score (nSPS) is 10.1. The zero-order chi connectivity index (χ0) is 11.9. The van der Waals surface area contributed by atoms with E-state index in [0.717, 1.165) is 0 Å². The van der Waals surface area contributed by atoms with Gasteiger partial charge in [-0.2, -0.15) is 5.26 Å². The number of nitriles is 1. The van der Waals surface area contributed by atoms with Crippen LogP contribution in [0.1, 0.15) is 16.4 Å². The highest BCUT2D eigenvalue weighted by atomic mass is 32.2. The molecule has 0 bridgehead atoms. The van der Waals surface area contributed by atoms with Crippen LogP contribution in [-0.4, -0.2) is 5.75 Å². The second-order valence-corrected chi connectivity index (χ2v) is 4.76. The van der Waals surface area contributed by atoms with Gasteiger partial charge in [-0.3, -0.25) is 0 Å². The third kappa shape index (κ3) is 3.12. The number of nitrogens with zero attached hydrogens (tertiary/aromatic N) is 1. The first-order valence-electron chi connectivity index (χ1n) is 5.50. The van der Waals surface area contributed by atoms with Crippen LogP contribution in [0, 0.1) is 11.3 Å². The molecule has 17 heavy (non-hydrogen) atoms. The third-order valence-corrected chi connectivity index (χ3v) is 3.69. The molecule has 0 heterocycles. The van der Waals surface area contributed by atoms with Crippen molar-refractivity contribution in [1.82, 2.24) is 0 Å². The summed E-state index contributed by atoms with van der Waals surface area (Å²) in [6, 6.07) is 22.8. The molecule has 0 atom stereocenters. The second kappa shape index (κ2) is 6.12. The summed E-state index contributed by atoms with van der Waals surface area (Å²) in [6.07, 6.45) is 0. The fourth-order valence-electron chi connectivity index (χ4n) is 1.76. The van der Waals surface area contributed by atoms with Gasteiger partial charge in [0.15, 0.2) is 0 Å². The van der Waals surface area contributed by atoms with E-state index in [4.69, 9.17) is 5.26 Å². The van der Waals surface area contributed by atoms with Crippen LogP contribution < -0.4 is 0 Å². The fourth-order valence-corrected chi connectivity index (χ4v) is 2.70. The Kier molecular flexibility index (Phi) is 4.23. The molecule has 0 spiro atoms. The van der Waals surface area contributed by atoms with Gasteiger partial charge in [0.1, 0.15) is 0 Å². The SMILES string of the molecule is N#CCSC(c1ccccc1)c1ccccc1. The van der Waals surface area contributed by atoms with Gasteiger partial charge in [-0.05, 0) is 11.1 Å². The van der Waals surface area contributed by atoms with Crippen molar-refractivity contribution in [3.05, 3.63) is 71.8 Å². The van der Waals surface area contributed by atoms with Crippen molar-refractivity contribution in [3.63, 3.8) is 0 Å². The van der Waals surface area contributed by atoms with Crippen molar-refractivity contribution in [1.29, 1.82) is 5.26 Å². The average Bonchev–Trinajstić information content (AvgIpc) is 2.42. The van der Waals surface area contributed by atoms with E-state index in [2.05, 4.69) is 30.3 Å². The highest BCUT2D eigenvalue weighted by Crippen LogP contribution is 2.34. The smallest absolute Gasteiger partial charge is 0.0817 e. The third-order valence-electron chi connectivity index (χ3n) is 2.52. The van der Waals surface area contributed by atoms with Crippen molar-refractivity contribution in [3.8, 4) is 6.07 Å². The summed E-state index contributed by atoms with van der Waals surface area (Å²) in [4.78, 5) is 0. The number of benzene rings is 2. The average molecular weight is 239 g/mol. The van der Waals surface area contributed by atoms with Gasteiger partial charge in [-0.1, -0.05) is 60.7 Å². The predicted molar refractivity (Wildman–Crippen MR) is 72.8 cm³/mol. The van der Waals surface area contributed by atoms with Gasteiger partial charge in [-0.25, -0.2) is 0 Å². The summed E-state index contributed by atoms with van der Waals surface area (Å²) in [6.45, 7) is 0. The number of rotatable bonds is 4. The van der Waals surface area contributed by atoms with Crippen molar-refractivity contribution in [2.24, 2.45) is 0 Å². The number of thioether (sulfide) groups is 1. The molecule has 84 valence electrons. The van der Waals surface area contributed by atoms with Crippen LogP contribution >= 0.6 is 11.8 Å². The van der Waals surface area contributed by atoms with E-state index in [1.807, 2.05) is 36.4 Å². The Bertz CT molecular complexity index is 448. The maximum absolute atomic E-state index is 8.74. The lowest BCUT2D eigenvalue weighted by Crippen LogP contribution is -1.97. The van der Waals surface area contributed by atoms with Crippen LogP contribution in [0.2, 0.25) is 0 Å². The maximum Gasteiger partial charge on any atom is 0.0817 e. The van der Waals surface area contributed by atoms with Crippen molar-refractivity contribution in [2.45, 2.75) is 5.25 Å². The van der Waals surface area contributed by atoms with Crippen LogP contribution in [0.15, 0.2) is 60.7 Å². The molecule has 0 aliphatic heterocycles. The molecule has 0 aromatic heterocycles. The van der Waals surface area contributed by atoms with E-state index in [-0.39, 0.29) is 5.25 Å². The largest absolute Gasteiger partial charge is 0.197 e. The van der Waals surface area contributed by atoms with Crippen molar-refractivity contribution in [2.75, 3.05) is 5.75 Å². The molecule has 2 aromatic carbocycles. The summed E-state index contributed by atoms with van der Waals surface area (Å²) >= 11 is 1.67. The van der Waals surface area contributed by atoms with E-state index in [1.54, 1.807) is 11.8 Å². The van der Waals surface area contributed by atoms with Gasteiger partial charge in [0.25, 0.3) is 0 Å². The number of hydrogen-bond acceptors (Lipinski definition) is 2. The van der Waals surface area contributed by atoms with Gasteiger partial charge in [0.2, 0.25) is 0 Å². The Morgan fingerprint density at radius 1 is 0.882 bits per heavy atom. The Hall–Kier alpha value is -1.72. The molecule has 0 fully saturated rings. The second-order valence-electron chi connectivity index (χ2n) is 3.67. The molecule has 0 aliphatic rings. The van der Waals surface area contributed by atoms with Gasteiger partial charge in [-0.15, -0.1) is 11.8 Å². The van der Waals surface area contributed by atoms with Gasteiger partial charge in [0, 0.05) is 0 Å². The summed E-state index contributed by atoms with van der Waals surface area (Å²) < 4.78 is 0. The van der Waals surface area contributed by atoms with E-state index >= 15 is 0 Å². The quantitative estimate of drug-likeness (QED) is 0.804. The molecule has 0 N–H and O–H groups in total. The highest BCUT2D eigenvalue weighted by molar-refractivity contribution is 7.99. The molecule has 0 saturated heterocycles. The molecular formula is C15H13NS. The Morgan fingerprint density at radius 2 is 1.35 bits per heavy atom. The summed E-state index contributed by atoms with van der Waals surface area (Å²) in [5.41, 5.74) is 2.50. The van der Waals surface area contributed by atoms with Crippen LogP contribution in [0.3, 0.4) is 0 Å². The van der Waals surface area contributed by atoms with Gasteiger partial charge < -0.3 is 0 Å². The predicted octanol–water partition coefficient (Wildman–Crippen LogP) is 4.03. The molecule has 2 rings (SSSR count). The van der Waals surface area contributed by atoms with Crippen molar-refractivity contribution < 1.29 is 0 Å². The first-order valence-corrected chi connectivity index (χ1v) is 6.55. The number of hydrogen-bond donors (Lipinski definition) is 0. The monoisotopic (exact) mass is 239 g/mol. The van der Waals surface area contributed by atoms with E-state index < -0.39 is 0 Å². The molecule has 2 heteroatoms. The summed E-state index contributed by atoms with van der Waals surface area (Å²) in [5, 5.41) is 8.99. The molecule has 0 radical (unpaired) electrons. The minimum absolute atomic E-state index is 0.247. The van der Waals surface area contributed by atoms with Crippen LogP contribution in [0.5, 0.6) is 0 Å². The van der Waals surface area contributed by atoms with Crippen LogP contribution in [0.4, 0.5) is 0 Å². The van der Waals surface area contributed by atoms with Gasteiger partial charge in [0.05, 0.1) is 17.1 Å². The minimum atomic E-state index is 0.247. The van der Waals surface area contributed by atoms with Crippen LogP contribution in [-0.2, 0) is 0 Å². The van der Waals surface area contributed by atoms with Gasteiger partial charge >= 0.3 is 0 Å². The summed E-state index contributed by atoms with van der Waals surface area (Å²) in [7, 11) is 0. The molecule has 0 aliphatic carbocycles. The molecule has 1 nitrogen and oxygen atoms in total. The zero-order valence-electron chi connectivity index (χ0n) is 9.41. The fraction of sp³-hybridized carbons (Fsp3) is 0.133. The Morgan fingerprint density at radius 3 is 1.76 bits per heavy atom. The van der Waals surface area contributed by atoms with Crippen molar-refractivity contribution >= 4 is 11.8 Å². The standard InChI is InChI=1S/C15H13NS/c16-11-12-17-15(13-7-3-1-4-8-13)14-9-5-2-6-10-14/h1-10,15H,12H2. The zero-order valence-corrected chi connectivity index (χ0v) is 10.2. The molecule has 0 amide bonds. The highest BCUT2D eigenvalue weighted by Gasteiger charge is 2.13. The Balaban J connectivity index is 2.30. The molecule has 0 unspecified atom stereocenters. The lowest BCUT2D eigenvalue weighted by molar-refractivity contribution is 1.16. The first kappa shape index (κ1) is 11.8. The van der Waals surface area contributed by atoms with E-state index in [0.29, 0.717) is 5.75 Å². The lowest BCUT2D eigenvalue weighted by Gasteiger charge is -2.15. The van der Waals surface area contributed by atoms with Crippen LogP contribution in [0.25, 0.3) is 0 Å².